The van der Waals surface area contributed by atoms with Gasteiger partial charge in [-0.15, -0.1) is 16.4 Å². The smallest absolute Gasteiger partial charge is 0.208 e. The molecule has 3 aromatic heterocycles. The van der Waals surface area contributed by atoms with E-state index in [9.17, 15) is 0 Å². The Hall–Kier alpha value is -1.37. The third-order valence-electron chi connectivity index (χ3n) is 2.59. The van der Waals surface area contributed by atoms with E-state index < -0.39 is 0 Å². The minimum absolute atomic E-state index is 0.509. The topological polar surface area (TPSA) is 54.5 Å². The number of halogens is 1. The van der Waals surface area contributed by atoms with Gasteiger partial charge in [0, 0.05) is 23.2 Å². The summed E-state index contributed by atoms with van der Waals surface area (Å²) < 4.78 is 0. The Labute approximate surface area is 129 Å². The summed E-state index contributed by atoms with van der Waals surface area (Å²) in [7, 11) is 0. The van der Waals surface area contributed by atoms with Gasteiger partial charge in [0.15, 0.2) is 0 Å². The molecule has 1 N–H and O–H groups in total. The van der Waals surface area contributed by atoms with Gasteiger partial charge in [0.05, 0.1) is 0 Å². The number of rotatable bonds is 5. The molecule has 0 aromatic carbocycles. The lowest BCUT2D eigenvalue weighted by Crippen LogP contribution is -1.87. The summed E-state index contributed by atoms with van der Waals surface area (Å²) in [6, 6.07) is 7.89. The van der Waals surface area contributed by atoms with E-state index in [2.05, 4.69) is 31.6 Å². The lowest BCUT2D eigenvalue weighted by atomic mass is 10.3. The van der Waals surface area contributed by atoms with Gasteiger partial charge in [-0.3, -0.25) is 5.10 Å². The normalized spacial score (nSPS) is 10.8. The van der Waals surface area contributed by atoms with Crippen LogP contribution in [0.1, 0.15) is 16.3 Å². The molecule has 0 spiro atoms. The van der Waals surface area contributed by atoms with Crippen molar-refractivity contribution in [3.8, 4) is 0 Å². The summed E-state index contributed by atoms with van der Waals surface area (Å²) in [5, 5.41) is 10.5. The Morgan fingerprint density at radius 1 is 1.30 bits per heavy atom. The number of H-pyrrole nitrogens is 1. The van der Waals surface area contributed by atoms with Gasteiger partial charge in [-0.1, -0.05) is 35.5 Å². The monoisotopic (exact) mass is 322 g/mol. The van der Waals surface area contributed by atoms with Crippen LogP contribution in [0.4, 0.5) is 0 Å². The summed E-state index contributed by atoms with van der Waals surface area (Å²) in [6.07, 6.45) is 2.57. The Kier molecular flexibility index (Phi) is 4.34. The number of thioether (sulfide) groups is 1. The van der Waals surface area contributed by atoms with Crippen molar-refractivity contribution < 1.29 is 0 Å². The van der Waals surface area contributed by atoms with E-state index in [1.807, 2.05) is 12.1 Å². The SMILES string of the molecule is Clc1ccc(CSc2n[nH]c(Cc3cccs3)n2)cn1. The summed E-state index contributed by atoms with van der Waals surface area (Å²) in [5.41, 5.74) is 1.10. The molecular weight excluding hydrogens is 312 g/mol. The number of hydrogen-bond acceptors (Lipinski definition) is 5. The van der Waals surface area contributed by atoms with Crippen LogP contribution >= 0.6 is 34.7 Å². The first-order valence-corrected chi connectivity index (χ1v) is 8.21. The zero-order valence-corrected chi connectivity index (χ0v) is 12.8. The highest BCUT2D eigenvalue weighted by Crippen LogP contribution is 2.20. The van der Waals surface area contributed by atoms with Crippen molar-refractivity contribution in [2.75, 3.05) is 0 Å². The minimum Gasteiger partial charge on any atom is -0.262 e. The van der Waals surface area contributed by atoms with Crippen LogP contribution in [0.3, 0.4) is 0 Å². The third kappa shape index (κ3) is 3.59. The molecule has 0 atom stereocenters. The molecule has 4 nitrogen and oxygen atoms in total. The van der Waals surface area contributed by atoms with E-state index in [1.54, 1.807) is 35.4 Å². The molecular formula is C13H11ClN4S2. The van der Waals surface area contributed by atoms with Gasteiger partial charge >= 0.3 is 0 Å². The standard InChI is InChI=1S/C13H11ClN4S2/c14-11-4-3-9(7-15-11)8-20-13-16-12(17-18-13)6-10-2-1-5-19-10/h1-5,7H,6,8H2,(H,16,17,18). The number of thiophene rings is 1. The Balaban J connectivity index is 1.58. The Bertz CT molecular complexity index is 664. The third-order valence-corrected chi connectivity index (χ3v) is 4.61. The summed E-state index contributed by atoms with van der Waals surface area (Å²) in [5.74, 6) is 1.67. The molecule has 7 heteroatoms. The molecule has 102 valence electrons. The number of pyridine rings is 1. The van der Waals surface area contributed by atoms with Crippen LogP contribution in [0, 0.1) is 0 Å². The zero-order valence-electron chi connectivity index (χ0n) is 10.4. The van der Waals surface area contributed by atoms with Crippen LogP contribution in [0.15, 0.2) is 41.0 Å². The molecule has 0 bridgehead atoms. The lowest BCUT2D eigenvalue weighted by molar-refractivity contribution is 0.960. The highest BCUT2D eigenvalue weighted by molar-refractivity contribution is 7.98. The van der Waals surface area contributed by atoms with Crippen LogP contribution < -0.4 is 0 Å². The minimum atomic E-state index is 0.509. The van der Waals surface area contributed by atoms with Crippen molar-refractivity contribution in [2.24, 2.45) is 0 Å². The van der Waals surface area contributed by atoms with Gasteiger partial charge in [-0.25, -0.2) is 9.97 Å². The molecule has 0 aliphatic rings. The van der Waals surface area contributed by atoms with E-state index in [0.717, 1.165) is 28.7 Å². The molecule has 0 aliphatic carbocycles. The lowest BCUT2D eigenvalue weighted by Gasteiger charge is -1.97. The maximum absolute atomic E-state index is 5.75. The van der Waals surface area contributed by atoms with Crippen LogP contribution in [0.25, 0.3) is 0 Å². The van der Waals surface area contributed by atoms with Crippen molar-refractivity contribution >= 4 is 34.7 Å². The van der Waals surface area contributed by atoms with Gasteiger partial charge in [-0.2, -0.15) is 0 Å². The number of aromatic amines is 1. The Morgan fingerprint density at radius 3 is 3.00 bits per heavy atom. The van der Waals surface area contributed by atoms with Gasteiger partial charge in [0.25, 0.3) is 0 Å². The number of hydrogen-bond donors (Lipinski definition) is 1. The summed E-state index contributed by atoms with van der Waals surface area (Å²) in [6.45, 7) is 0. The molecule has 3 aromatic rings. The number of nitrogens with zero attached hydrogens (tertiary/aromatic N) is 3. The highest BCUT2D eigenvalue weighted by Gasteiger charge is 2.06. The van der Waals surface area contributed by atoms with Crippen molar-refractivity contribution in [2.45, 2.75) is 17.3 Å². The summed E-state index contributed by atoms with van der Waals surface area (Å²) in [4.78, 5) is 9.80. The maximum atomic E-state index is 5.75. The number of nitrogens with one attached hydrogen (secondary N) is 1. The fourth-order valence-electron chi connectivity index (χ4n) is 1.64. The zero-order chi connectivity index (χ0) is 13.8. The van der Waals surface area contributed by atoms with Crippen molar-refractivity contribution in [1.82, 2.24) is 20.2 Å². The molecule has 3 heterocycles. The molecule has 0 saturated carbocycles. The van der Waals surface area contributed by atoms with Crippen molar-refractivity contribution in [1.29, 1.82) is 0 Å². The molecule has 0 radical (unpaired) electrons. The molecule has 0 amide bonds. The molecule has 0 unspecified atom stereocenters. The first-order chi connectivity index (χ1) is 9.79. The maximum Gasteiger partial charge on any atom is 0.208 e. The second kappa shape index (κ2) is 6.39. The largest absolute Gasteiger partial charge is 0.262 e. The molecule has 0 saturated heterocycles. The van der Waals surface area contributed by atoms with Gasteiger partial charge in [0.1, 0.15) is 11.0 Å². The van der Waals surface area contributed by atoms with Crippen LogP contribution in [0.5, 0.6) is 0 Å². The molecule has 0 aliphatic heterocycles. The van der Waals surface area contributed by atoms with Gasteiger partial charge in [-0.05, 0) is 23.1 Å². The average Bonchev–Trinajstić information content (AvgIpc) is 3.11. The van der Waals surface area contributed by atoms with E-state index in [1.165, 1.54) is 4.88 Å². The van der Waals surface area contributed by atoms with Crippen molar-refractivity contribution in [3.63, 3.8) is 0 Å². The Morgan fingerprint density at radius 2 is 2.25 bits per heavy atom. The first kappa shape index (κ1) is 13.6. The quantitative estimate of drug-likeness (QED) is 0.573. The van der Waals surface area contributed by atoms with Gasteiger partial charge in [0.2, 0.25) is 5.16 Å². The average molecular weight is 323 g/mol. The highest BCUT2D eigenvalue weighted by atomic mass is 35.5. The van der Waals surface area contributed by atoms with Crippen molar-refractivity contribution in [3.05, 3.63) is 57.3 Å². The van der Waals surface area contributed by atoms with E-state index in [4.69, 9.17) is 11.6 Å². The fourth-order valence-corrected chi connectivity index (χ4v) is 3.21. The molecule has 3 rings (SSSR count). The van der Waals surface area contributed by atoms with E-state index in [-0.39, 0.29) is 0 Å². The van der Waals surface area contributed by atoms with Crippen LogP contribution in [-0.4, -0.2) is 20.2 Å². The number of aromatic nitrogens is 4. The first-order valence-electron chi connectivity index (χ1n) is 5.96. The second-order valence-corrected chi connectivity index (χ2v) is 6.46. The summed E-state index contributed by atoms with van der Waals surface area (Å²) >= 11 is 9.06. The second-order valence-electron chi connectivity index (χ2n) is 4.10. The molecule has 20 heavy (non-hydrogen) atoms. The molecule has 0 fully saturated rings. The van der Waals surface area contributed by atoms with Crippen LogP contribution in [-0.2, 0) is 12.2 Å². The predicted octanol–water partition coefficient (Wildman–Crippen LogP) is 3.80. The van der Waals surface area contributed by atoms with Crippen LogP contribution in [0.2, 0.25) is 5.15 Å². The predicted molar refractivity (Wildman–Crippen MR) is 82.3 cm³/mol. The van der Waals surface area contributed by atoms with E-state index in [0.29, 0.717) is 5.15 Å². The fraction of sp³-hybridized carbons (Fsp3) is 0.154. The van der Waals surface area contributed by atoms with Gasteiger partial charge < -0.3 is 0 Å². The van der Waals surface area contributed by atoms with E-state index >= 15 is 0 Å².